The van der Waals surface area contributed by atoms with Crippen LogP contribution < -0.4 is 10.2 Å². The lowest BCUT2D eigenvalue weighted by Crippen LogP contribution is -2.30. The van der Waals surface area contributed by atoms with Crippen LogP contribution in [-0.4, -0.2) is 18.4 Å². The van der Waals surface area contributed by atoms with Crippen molar-refractivity contribution >= 4 is 34.0 Å². The van der Waals surface area contributed by atoms with Gasteiger partial charge < -0.3 is 10.2 Å². The molecule has 0 saturated heterocycles. The minimum Gasteiger partial charge on any atom is -0.326 e. The van der Waals surface area contributed by atoms with Crippen molar-refractivity contribution in [1.29, 1.82) is 0 Å². The van der Waals surface area contributed by atoms with E-state index >= 15 is 0 Å². The Labute approximate surface area is 182 Å². The summed E-state index contributed by atoms with van der Waals surface area (Å²) >= 11 is 0. The predicted octanol–water partition coefficient (Wildman–Crippen LogP) is 5.69. The number of fused-ring (bicyclic) bond motifs is 1. The third kappa shape index (κ3) is 4.64. The van der Waals surface area contributed by atoms with E-state index in [1.54, 1.807) is 29.2 Å². The predicted molar refractivity (Wildman–Crippen MR) is 127 cm³/mol. The second-order valence-electron chi connectivity index (χ2n) is 7.34. The average molecular weight is 409 g/mol. The molecule has 0 bridgehead atoms. The van der Waals surface area contributed by atoms with Crippen molar-refractivity contribution < 1.29 is 9.59 Å². The van der Waals surface area contributed by atoms with Crippen molar-refractivity contribution in [3.05, 3.63) is 108 Å². The van der Waals surface area contributed by atoms with Gasteiger partial charge in [0.15, 0.2) is 0 Å². The van der Waals surface area contributed by atoms with Crippen LogP contribution in [0, 0.1) is 0 Å². The smallest absolute Gasteiger partial charge is 0.258 e. The van der Waals surface area contributed by atoms with E-state index < -0.39 is 0 Å². The van der Waals surface area contributed by atoms with Gasteiger partial charge in [0.05, 0.1) is 12.1 Å². The molecule has 4 aromatic rings. The summed E-state index contributed by atoms with van der Waals surface area (Å²) in [4.78, 5) is 27.3. The molecule has 0 unspecified atom stereocenters. The molecule has 0 spiro atoms. The van der Waals surface area contributed by atoms with Crippen molar-refractivity contribution in [2.24, 2.45) is 0 Å². The molecule has 4 aromatic carbocycles. The molecule has 2 amide bonds. The fourth-order valence-electron chi connectivity index (χ4n) is 3.71. The molecule has 4 heteroatoms. The molecule has 0 radical (unpaired) electrons. The Kier molecular flexibility index (Phi) is 6.08. The molecule has 0 aliphatic carbocycles. The highest BCUT2D eigenvalue weighted by Crippen LogP contribution is 2.28. The SMILES string of the molecule is CCN(C(=O)c1ccc(NC(=O)Cc2ccccc2)cc1)c1cccc2ccccc12. The van der Waals surface area contributed by atoms with Crippen LogP contribution in [0.2, 0.25) is 0 Å². The standard InChI is InChI=1S/C27H24N2O2/c1-2-29(25-14-8-12-21-11-6-7-13-24(21)25)27(31)22-15-17-23(18-16-22)28-26(30)19-20-9-4-3-5-10-20/h3-18H,2,19H2,1H3,(H,28,30). The van der Waals surface area contributed by atoms with Crippen LogP contribution in [0.3, 0.4) is 0 Å². The Hall–Kier alpha value is -3.92. The van der Waals surface area contributed by atoms with E-state index in [1.807, 2.05) is 79.7 Å². The fourth-order valence-corrected chi connectivity index (χ4v) is 3.71. The molecule has 0 aromatic heterocycles. The molecule has 0 aliphatic heterocycles. The van der Waals surface area contributed by atoms with E-state index in [0.29, 0.717) is 24.2 Å². The van der Waals surface area contributed by atoms with E-state index in [1.165, 1.54) is 0 Å². The number of hydrogen-bond donors (Lipinski definition) is 1. The molecule has 4 nitrogen and oxygen atoms in total. The van der Waals surface area contributed by atoms with Gasteiger partial charge in [-0.15, -0.1) is 0 Å². The van der Waals surface area contributed by atoms with E-state index in [0.717, 1.165) is 22.0 Å². The van der Waals surface area contributed by atoms with Gasteiger partial charge in [0.25, 0.3) is 5.91 Å². The molecular formula is C27H24N2O2. The summed E-state index contributed by atoms with van der Waals surface area (Å²) in [6.45, 7) is 2.53. The van der Waals surface area contributed by atoms with Crippen LogP contribution in [0.25, 0.3) is 10.8 Å². The van der Waals surface area contributed by atoms with E-state index in [-0.39, 0.29) is 11.8 Å². The maximum absolute atomic E-state index is 13.2. The first-order valence-corrected chi connectivity index (χ1v) is 10.4. The maximum Gasteiger partial charge on any atom is 0.258 e. The van der Waals surface area contributed by atoms with Crippen LogP contribution in [0.1, 0.15) is 22.8 Å². The number of amides is 2. The Morgan fingerprint density at radius 1 is 0.774 bits per heavy atom. The number of carbonyl (C=O) groups is 2. The fraction of sp³-hybridized carbons (Fsp3) is 0.111. The molecule has 0 heterocycles. The van der Waals surface area contributed by atoms with Gasteiger partial charge in [-0.3, -0.25) is 9.59 Å². The summed E-state index contributed by atoms with van der Waals surface area (Å²) in [5.41, 5.74) is 3.10. The molecular weight excluding hydrogens is 384 g/mol. The first kappa shape index (κ1) is 20.4. The number of benzene rings is 4. The molecule has 1 N–H and O–H groups in total. The lowest BCUT2D eigenvalue weighted by molar-refractivity contribution is -0.115. The minimum absolute atomic E-state index is 0.0685. The van der Waals surface area contributed by atoms with Crippen molar-refractivity contribution in [2.45, 2.75) is 13.3 Å². The monoisotopic (exact) mass is 408 g/mol. The number of hydrogen-bond acceptors (Lipinski definition) is 2. The summed E-state index contributed by atoms with van der Waals surface area (Å²) in [5.74, 6) is -0.155. The molecule has 4 rings (SSSR count). The molecule has 0 fully saturated rings. The Balaban J connectivity index is 1.50. The van der Waals surface area contributed by atoms with Crippen LogP contribution in [0.15, 0.2) is 97.1 Å². The molecule has 0 saturated carbocycles. The van der Waals surface area contributed by atoms with Gasteiger partial charge in [-0.2, -0.15) is 0 Å². The number of anilines is 2. The second-order valence-corrected chi connectivity index (χ2v) is 7.34. The van der Waals surface area contributed by atoms with Gasteiger partial charge in [-0.1, -0.05) is 66.7 Å². The zero-order valence-corrected chi connectivity index (χ0v) is 17.4. The third-order valence-corrected chi connectivity index (χ3v) is 5.24. The first-order chi connectivity index (χ1) is 15.2. The molecule has 0 aliphatic rings. The van der Waals surface area contributed by atoms with Crippen molar-refractivity contribution in [3.8, 4) is 0 Å². The zero-order valence-electron chi connectivity index (χ0n) is 17.4. The lowest BCUT2D eigenvalue weighted by Gasteiger charge is -2.23. The van der Waals surface area contributed by atoms with Gasteiger partial charge in [0, 0.05) is 23.2 Å². The van der Waals surface area contributed by atoms with Gasteiger partial charge in [0.1, 0.15) is 0 Å². The molecule has 0 atom stereocenters. The Morgan fingerprint density at radius 2 is 1.45 bits per heavy atom. The topological polar surface area (TPSA) is 49.4 Å². The lowest BCUT2D eigenvalue weighted by atomic mass is 10.1. The summed E-state index contributed by atoms with van der Waals surface area (Å²) in [7, 11) is 0. The van der Waals surface area contributed by atoms with E-state index in [2.05, 4.69) is 5.32 Å². The number of nitrogens with zero attached hydrogens (tertiary/aromatic N) is 1. The third-order valence-electron chi connectivity index (χ3n) is 5.24. The summed E-state index contributed by atoms with van der Waals surface area (Å²) in [6.07, 6.45) is 0.312. The highest BCUT2D eigenvalue weighted by Gasteiger charge is 2.18. The van der Waals surface area contributed by atoms with Gasteiger partial charge in [0.2, 0.25) is 5.91 Å². The van der Waals surface area contributed by atoms with Gasteiger partial charge in [-0.25, -0.2) is 0 Å². The van der Waals surface area contributed by atoms with E-state index in [4.69, 9.17) is 0 Å². The van der Waals surface area contributed by atoms with Crippen LogP contribution in [0.5, 0.6) is 0 Å². The Morgan fingerprint density at radius 3 is 2.19 bits per heavy atom. The van der Waals surface area contributed by atoms with Crippen molar-refractivity contribution in [3.63, 3.8) is 0 Å². The summed E-state index contributed by atoms with van der Waals surface area (Å²) < 4.78 is 0. The molecule has 154 valence electrons. The van der Waals surface area contributed by atoms with Gasteiger partial charge in [-0.05, 0) is 48.2 Å². The van der Waals surface area contributed by atoms with Crippen molar-refractivity contribution in [2.75, 3.05) is 16.8 Å². The van der Waals surface area contributed by atoms with Crippen LogP contribution >= 0.6 is 0 Å². The van der Waals surface area contributed by atoms with Crippen molar-refractivity contribution in [1.82, 2.24) is 0 Å². The number of rotatable bonds is 6. The van der Waals surface area contributed by atoms with E-state index in [9.17, 15) is 9.59 Å². The first-order valence-electron chi connectivity index (χ1n) is 10.4. The number of carbonyl (C=O) groups excluding carboxylic acids is 2. The van der Waals surface area contributed by atoms with Gasteiger partial charge >= 0.3 is 0 Å². The van der Waals surface area contributed by atoms with Crippen LogP contribution in [0.4, 0.5) is 11.4 Å². The zero-order chi connectivity index (χ0) is 21.6. The summed E-state index contributed by atoms with van der Waals surface area (Å²) in [6, 6.07) is 30.7. The summed E-state index contributed by atoms with van der Waals surface area (Å²) in [5, 5.41) is 5.04. The highest BCUT2D eigenvalue weighted by atomic mass is 16.2. The molecule has 31 heavy (non-hydrogen) atoms. The normalized spacial score (nSPS) is 10.6. The average Bonchev–Trinajstić information content (AvgIpc) is 2.81. The number of nitrogens with one attached hydrogen (secondary N) is 1. The van der Waals surface area contributed by atoms with Crippen LogP contribution in [-0.2, 0) is 11.2 Å². The Bertz CT molecular complexity index is 1200. The second kappa shape index (κ2) is 9.26. The minimum atomic E-state index is -0.0868. The largest absolute Gasteiger partial charge is 0.326 e. The maximum atomic E-state index is 13.2. The quantitative estimate of drug-likeness (QED) is 0.446. The highest BCUT2D eigenvalue weighted by molar-refractivity contribution is 6.11.